The van der Waals surface area contributed by atoms with E-state index in [0.29, 0.717) is 18.6 Å². The van der Waals surface area contributed by atoms with Gasteiger partial charge in [-0.05, 0) is 44.3 Å². The summed E-state index contributed by atoms with van der Waals surface area (Å²) in [6, 6.07) is 11.8. The van der Waals surface area contributed by atoms with Crippen LogP contribution in [-0.4, -0.2) is 61.9 Å². The Bertz CT molecular complexity index is 603. The van der Waals surface area contributed by atoms with Crippen LogP contribution >= 0.6 is 0 Å². The lowest BCUT2D eigenvalue weighted by molar-refractivity contribution is 0.133. The van der Waals surface area contributed by atoms with E-state index >= 15 is 0 Å². The zero-order valence-electron chi connectivity index (χ0n) is 14.0. The van der Waals surface area contributed by atoms with E-state index in [1.54, 1.807) is 0 Å². The molecule has 0 aliphatic carbocycles. The summed E-state index contributed by atoms with van der Waals surface area (Å²) in [5, 5.41) is 0. The van der Waals surface area contributed by atoms with Gasteiger partial charge in [-0.3, -0.25) is 9.80 Å². The van der Waals surface area contributed by atoms with Crippen LogP contribution in [0.1, 0.15) is 31.2 Å². The Morgan fingerprint density at radius 1 is 1.00 bits per heavy atom. The number of benzene rings is 1. The van der Waals surface area contributed by atoms with Gasteiger partial charge in [0.05, 0.1) is 5.75 Å². The van der Waals surface area contributed by atoms with E-state index in [0.717, 1.165) is 19.6 Å². The van der Waals surface area contributed by atoms with Crippen molar-refractivity contribution in [2.24, 2.45) is 0 Å². The van der Waals surface area contributed by atoms with Crippen LogP contribution in [-0.2, 0) is 16.4 Å². The maximum Gasteiger partial charge on any atom is 0.148 e. The minimum Gasteiger partial charge on any atom is -0.298 e. The summed E-state index contributed by atoms with van der Waals surface area (Å²) < 4.78 is 23.0. The Hall–Kier alpha value is -0.910. The molecule has 2 aliphatic rings. The fourth-order valence-corrected chi connectivity index (χ4v) is 4.72. The molecule has 0 radical (unpaired) electrons. The fourth-order valence-electron chi connectivity index (χ4n) is 4.15. The van der Waals surface area contributed by atoms with Gasteiger partial charge in [-0.2, -0.15) is 0 Å². The van der Waals surface area contributed by atoms with E-state index < -0.39 is 9.84 Å². The van der Waals surface area contributed by atoms with Gasteiger partial charge in [-0.25, -0.2) is 8.42 Å². The monoisotopic (exact) mass is 336 g/mol. The molecule has 23 heavy (non-hydrogen) atoms. The van der Waals surface area contributed by atoms with E-state index in [1.165, 1.54) is 37.5 Å². The summed E-state index contributed by atoms with van der Waals surface area (Å²) in [5.41, 5.74) is 1.38. The Morgan fingerprint density at radius 3 is 2.26 bits per heavy atom. The molecule has 4 nitrogen and oxygen atoms in total. The topological polar surface area (TPSA) is 40.6 Å². The molecule has 3 rings (SSSR count). The second kappa shape index (κ2) is 7.32. The number of hydrogen-bond acceptors (Lipinski definition) is 4. The van der Waals surface area contributed by atoms with Crippen molar-refractivity contribution in [3.8, 4) is 0 Å². The lowest BCUT2D eigenvalue weighted by Crippen LogP contribution is -2.47. The van der Waals surface area contributed by atoms with Crippen LogP contribution in [0.5, 0.6) is 0 Å². The maximum atomic E-state index is 11.5. The molecule has 0 aromatic heterocycles. The third kappa shape index (κ3) is 4.55. The molecule has 0 amide bonds. The molecule has 2 atom stereocenters. The maximum absolute atomic E-state index is 11.5. The first-order chi connectivity index (χ1) is 11.0. The molecule has 2 saturated heterocycles. The van der Waals surface area contributed by atoms with Crippen LogP contribution in [0.2, 0.25) is 0 Å². The molecule has 128 valence electrons. The average molecular weight is 337 g/mol. The van der Waals surface area contributed by atoms with Gasteiger partial charge in [0.1, 0.15) is 9.84 Å². The van der Waals surface area contributed by atoms with Crippen molar-refractivity contribution >= 4 is 9.84 Å². The fraction of sp³-hybridized carbons (Fsp3) is 0.667. The van der Waals surface area contributed by atoms with Crippen molar-refractivity contribution in [3.63, 3.8) is 0 Å². The Labute approximate surface area is 140 Å². The summed E-state index contributed by atoms with van der Waals surface area (Å²) in [6.07, 6.45) is 6.25. The van der Waals surface area contributed by atoms with Crippen molar-refractivity contribution in [3.05, 3.63) is 35.9 Å². The molecule has 0 N–H and O–H groups in total. The van der Waals surface area contributed by atoms with Crippen molar-refractivity contribution in [1.29, 1.82) is 0 Å². The normalized spacial score (nSPS) is 26.8. The zero-order chi connectivity index (χ0) is 16.3. The predicted octanol–water partition coefficient (Wildman–Crippen LogP) is 2.16. The highest BCUT2D eigenvalue weighted by Crippen LogP contribution is 2.30. The van der Waals surface area contributed by atoms with Gasteiger partial charge in [0.25, 0.3) is 0 Å². The van der Waals surface area contributed by atoms with E-state index in [2.05, 4.69) is 40.1 Å². The molecule has 1 aromatic carbocycles. The molecule has 2 fully saturated rings. The molecule has 2 heterocycles. The van der Waals surface area contributed by atoms with Crippen LogP contribution in [0.4, 0.5) is 0 Å². The Balaban J connectivity index is 1.64. The lowest BCUT2D eigenvalue weighted by atomic mass is 10.0. The number of sulfone groups is 1. The Morgan fingerprint density at radius 2 is 1.61 bits per heavy atom. The highest BCUT2D eigenvalue weighted by molar-refractivity contribution is 7.90. The van der Waals surface area contributed by atoms with Gasteiger partial charge in [0.15, 0.2) is 0 Å². The summed E-state index contributed by atoms with van der Waals surface area (Å²) in [6.45, 7) is 3.92. The van der Waals surface area contributed by atoms with Gasteiger partial charge in [0, 0.05) is 31.4 Å². The number of likely N-dealkylation sites (tertiary alicyclic amines) is 2. The third-order valence-corrected chi connectivity index (χ3v) is 6.17. The minimum absolute atomic E-state index is 0.287. The van der Waals surface area contributed by atoms with Crippen molar-refractivity contribution in [2.75, 3.05) is 31.6 Å². The number of rotatable bonds is 6. The van der Waals surface area contributed by atoms with Crippen molar-refractivity contribution in [2.45, 2.75) is 44.3 Å². The van der Waals surface area contributed by atoms with Gasteiger partial charge >= 0.3 is 0 Å². The third-order valence-electron chi connectivity index (χ3n) is 5.25. The molecule has 0 spiro atoms. The van der Waals surface area contributed by atoms with Crippen molar-refractivity contribution < 1.29 is 8.42 Å². The lowest BCUT2D eigenvalue weighted by Gasteiger charge is -2.35. The van der Waals surface area contributed by atoms with Crippen LogP contribution in [0, 0.1) is 0 Å². The first-order valence-corrected chi connectivity index (χ1v) is 10.8. The van der Waals surface area contributed by atoms with E-state index in [9.17, 15) is 8.42 Å². The molecule has 0 unspecified atom stereocenters. The largest absolute Gasteiger partial charge is 0.298 e. The molecular formula is C18H28N2O2S. The molecule has 0 bridgehead atoms. The molecule has 2 aliphatic heterocycles. The highest BCUT2D eigenvalue weighted by atomic mass is 32.2. The van der Waals surface area contributed by atoms with Crippen LogP contribution < -0.4 is 0 Å². The molecular weight excluding hydrogens is 308 g/mol. The SMILES string of the molecule is CS(=O)(=O)CCN1CCC[C@@H]1[C@H]1CCCN1Cc1ccccc1. The summed E-state index contributed by atoms with van der Waals surface area (Å²) in [7, 11) is -2.88. The Kier molecular flexibility index (Phi) is 5.39. The second-order valence-electron chi connectivity index (χ2n) is 7.04. The quantitative estimate of drug-likeness (QED) is 0.798. The van der Waals surface area contributed by atoms with Crippen LogP contribution in [0.15, 0.2) is 30.3 Å². The predicted molar refractivity (Wildman–Crippen MR) is 94.2 cm³/mol. The molecule has 0 saturated carbocycles. The van der Waals surface area contributed by atoms with Gasteiger partial charge in [0.2, 0.25) is 0 Å². The van der Waals surface area contributed by atoms with Gasteiger partial charge in [-0.1, -0.05) is 30.3 Å². The van der Waals surface area contributed by atoms with E-state index in [-0.39, 0.29) is 5.75 Å². The first kappa shape index (κ1) is 16.9. The van der Waals surface area contributed by atoms with Gasteiger partial charge in [-0.15, -0.1) is 0 Å². The summed E-state index contributed by atoms with van der Waals surface area (Å²) in [5.74, 6) is 0.287. The smallest absolute Gasteiger partial charge is 0.148 e. The average Bonchev–Trinajstić information content (AvgIpc) is 3.13. The molecule has 1 aromatic rings. The van der Waals surface area contributed by atoms with Crippen LogP contribution in [0.3, 0.4) is 0 Å². The first-order valence-electron chi connectivity index (χ1n) is 8.73. The molecule has 5 heteroatoms. The number of hydrogen-bond donors (Lipinski definition) is 0. The second-order valence-corrected chi connectivity index (χ2v) is 9.30. The summed E-state index contributed by atoms with van der Waals surface area (Å²) in [4.78, 5) is 5.04. The number of nitrogens with zero attached hydrogens (tertiary/aromatic N) is 2. The van der Waals surface area contributed by atoms with E-state index in [4.69, 9.17) is 0 Å². The zero-order valence-corrected chi connectivity index (χ0v) is 14.8. The van der Waals surface area contributed by atoms with Gasteiger partial charge < -0.3 is 0 Å². The minimum atomic E-state index is -2.88. The summed E-state index contributed by atoms with van der Waals surface area (Å²) >= 11 is 0. The van der Waals surface area contributed by atoms with Crippen molar-refractivity contribution in [1.82, 2.24) is 9.80 Å². The van der Waals surface area contributed by atoms with E-state index in [1.807, 2.05) is 0 Å². The standard InChI is InChI=1S/C18H28N2O2S/c1-23(21,22)14-13-19-11-5-9-17(19)18-10-6-12-20(18)15-16-7-3-2-4-8-16/h2-4,7-8,17-18H,5-6,9-15H2,1H3/t17-,18-/m1/s1. The van der Waals surface area contributed by atoms with Crippen LogP contribution in [0.25, 0.3) is 0 Å². The highest BCUT2D eigenvalue weighted by Gasteiger charge is 2.37.